The number of anilines is 1. The van der Waals surface area contributed by atoms with Gasteiger partial charge in [-0.05, 0) is 24.1 Å². The van der Waals surface area contributed by atoms with Crippen molar-refractivity contribution in [1.82, 2.24) is 9.97 Å². The van der Waals surface area contributed by atoms with Crippen molar-refractivity contribution < 1.29 is 4.74 Å². The number of aryl methyl sites for hydroxylation is 1. The number of rotatable bonds is 6. The van der Waals surface area contributed by atoms with Crippen LogP contribution in [0.3, 0.4) is 0 Å². The summed E-state index contributed by atoms with van der Waals surface area (Å²) < 4.78 is 5.85. The van der Waals surface area contributed by atoms with E-state index in [4.69, 9.17) is 4.74 Å². The van der Waals surface area contributed by atoms with Crippen molar-refractivity contribution in [3.8, 4) is 11.6 Å². The normalized spacial score (nSPS) is 10.7. The van der Waals surface area contributed by atoms with Crippen LogP contribution in [-0.4, -0.2) is 17.0 Å². The lowest BCUT2D eigenvalue weighted by Crippen LogP contribution is -2.03. The van der Waals surface area contributed by atoms with Crippen molar-refractivity contribution in [3.05, 3.63) is 41.7 Å². The number of benzene rings is 1. The maximum Gasteiger partial charge on any atom is 0.224 e. The van der Waals surface area contributed by atoms with Crippen LogP contribution in [0.25, 0.3) is 0 Å². The van der Waals surface area contributed by atoms with Gasteiger partial charge in [-0.15, -0.1) is 0 Å². The third-order valence-electron chi connectivity index (χ3n) is 3.18. The highest BCUT2D eigenvalue weighted by molar-refractivity contribution is 5.40. The summed E-state index contributed by atoms with van der Waals surface area (Å²) in [6.45, 7) is 6.31. The van der Waals surface area contributed by atoms with Gasteiger partial charge < -0.3 is 10.1 Å². The molecule has 0 amide bonds. The fraction of sp³-hybridized carbons (Fsp3) is 0.412. The Morgan fingerprint density at radius 1 is 1.14 bits per heavy atom. The van der Waals surface area contributed by atoms with Gasteiger partial charge in [0.1, 0.15) is 17.4 Å². The first kappa shape index (κ1) is 15.3. The van der Waals surface area contributed by atoms with Gasteiger partial charge in [0.25, 0.3) is 0 Å². The number of hydrogen-bond acceptors (Lipinski definition) is 4. The van der Waals surface area contributed by atoms with Crippen LogP contribution < -0.4 is 10.1 Å². The topological polar surface area (TPSA) is 47.0 Å². The average Bonchev–Trinajstić information content (AvgIpc) is 2.49. The smallest absolute Gasteiger partial charge is 0.224 e. The first-order valence-electron chi connectivity index (χ1n) is 7.46. The van der Waals surface area contributed by atoms with Crippen molar-refractivity contribution in [2.75, 3.05) is 12.4 Å². The maximum atomic E-state index is 5.85. The summed E-state index contributed by atoms with van der Waals surface area (Å²) >= 11 is 0. The van der Waals surface area contributed by atoms with E-state index < -0.39 is 0 Å². The molecule has 0 aliphatic carbocycles. The van der Waals surface area contributed by atoms with Crippen LogP contribution in [0, 0.1) is 0 Å². The van der Waals surface area contributed by atoms with Crippen molar-refractivity contribution in [3.63, 3.8) is 0 Å². The molecule has 1 aromatic heterocycles. The largest absolute Gasteiger partial charge is 0.439 e. The lowest BCUT2D eigenvalue weighted by atomic mass is 10.1. The lowest BCUT2D eigenvalue weighted by molar-refractivity contribution is 0.457. The van der Waals surface area contributed by atoms with Crippen LogP contribution in [0.2, 0.25) is 0 Å². The SMILES string of the molecule is CCCc1ccc(Oc2cc(NC)nc(C(C)C)n2)cc1. The molecular weight excluding hydrogens is 262 g/mol. The first-order valence-corrected chi connectivity index (χ1v) is 7.46. The number of ether oxygens (including phenoxy) is 1. The fourth-order valence-electron chi connectivity index (χ4n) is 2.01. The molecule has 0 saturated heterocycles. The quantitative estimate of drug-likeness (QED) is 0.855. The number of nitrogens with zero attached hydrogens (tertiary/aromatic N) is 2. The average molecular weight is 285 g/mol. The van der Waals surface area contributed by atoms with E-state index in [9.17, 15) is 0 Å². The highest BCUT2D eigenvalue weighted by Crippen LogP contribution is 2.24. The van der Waals surface area contributed by atoms with Crippen molar-refractivity contribution in [1.29, 1.82) is 0 Å². The number of nitrogens with one attached hydrogen (secondary N) is 1. The predicted octanol–water partition coefficient (Wildman–Crippen LogP) is 4.39. The summed E-state index contributed by atoms with van der Waals surface area (Å²) in [5.41, 5.74) is 1.33. The minimum Gasteiger partial charge on any atom is -0.439 e. The molecule has 1 heterocycles. The molecule has 0 atom stereocenters. The molecule has 0 aliphatic rings. The highest BCUT2D eigenvalue weighted by atomic mass is 16.5. The van der Waals surface area contributed by atoms with E-state index in [1.807, 2.05) is 25.2 Å². The maximum absolute atomic E-state index is 5.85. The second kappa shape index (κ2) is 7.07. The summed E-state index contributed by atoms with van der Waals surface area (Å²) in [5, 5.41) is 3.04. The van der Waals surface area contributed by atoms with Crippen LogP contribution in [-0.2, 0) is 6.42 Å². The van der Waals surface area contributed by atoms with E-state index in [1.165, 1.54) is 5.56 Å². The van der Waals surface area contributed by atoms with Crippen LogP contribution >= 0.6 is 0 Å². The molecule has 2 rings (SSSR count). The molecule has 0 bridgehead atoms. The van der Waals surface area contributed by atoms with Gasteiger partial charge in [0.2, 0.25) is 5.88 Å². The second-order valence-corrected chi connectivity index (χ2v) is 5.35. The summed E-state index contributed by atoms with van der Waals surface area (Å²) in [6.07, 6.45) is 2.24. The van der Waals surface area contributed by atoms with Gasteiger partial charge in [0, 0.05) is 19.0 Å². The van der Waals surface area contributed by atoms with Crippen LogP contribution in [0.15, 0.2) is 30.3 Å². The van der Waals surface area contributed by atoms with Crippen molar-refractivity contribution in [2.24, 2.45) is 0 Å². The highest BCUT2D eigenvalue weighted by Gasteiger charge is 2.09. The molecule has 21 heavy (non-hydrogen) atoms. The van der Waals surface area contributed by atoms with Gasteiger partial charge in [-0.25, -0.2) is 4.98 Å². The molecule has 0 spiro atoms. The Bertz CT molecular complexity index is 579. The van der Waals surface area contributed by atoms with Crippen LogP contribution in [0.4, 0.5) is 5.82 Å². The van der Waals surface area contributed by atoms with E-state index in [0.29, 0.717) is 5.88 Å². The van der Waals surface area contributed by atoms with E-state index in [-0.39, 0.29) is 5.92 Å². The summed E-state index contributed by atoms with van der Waals surface area (Å²) in [5.74, 6) is 3.17. The van der Waals surface area contributed by atoms with E-state index in [0.717, 1.165) is 30.2 Å². The molecule has 0 radical (unpaired) electrons. The van der Waals surface area contributed by atoms with E-state index in [1.54, 1.807) is 0 Å². The summed E-state index contributed by atoms with van der Waals surface area (Å²) in [7, 11) is 1.84. The predicted molar refractivity (Wildman–Crippen MR) is 86.2 cm³/mol. The zero-order chi connectivity index (χ0) is 15.2. The molecular formula is C17H23N3O. The molecule has 4 nitrogen and oxygen atoms in total. The van der Waals surface area contributed by atoms with Gasteiger partial charge in [-0.2, -0.15) is 4.98 Å². The first-order chi connectivity index (χ1) is 10.1. The van der Waals surface area contributed by atoms with Crippen molar-refractivity contribution >= 4 is 5.82 Å². The third kappa shape index (κ3) is 4.18. The molecule has 1 N–H and O–H groups in total. The van der Waals surface area contributed by atoms with Gasteiger partial charge in [-0.3, -0.25) is 0 Å². The summed E-state index contributed by atoms with van der Waals surface area (Å²) in [6, 6.07) is 9.99. The zero-order valence-electron chi connectivity index (χ0n) is 13.2. The van der Waals surface area contributed by atoms with Crippen molar-refractivity contribution in [2.45, 2.75) is 39.5 Å². The Kier molecular flexibility index (Phi) is 5.14. The number of aromatic nitrogens is 2. The Morgan fingerprint density at radius 2 is 1.86 bits per heavy atom. The molecule has 2 aromatic rings. The third-order valence-corrected chi connectivity index (χ3v) is 3.18. The molecule has 112 valence electrons. The molecule has 0 aliphatic heterocycles. The van der Waals surface area contributed by atoms with Crippen LogP contribution in [0.1, 0.15) is 44.5 Å². The van der Waals surface area contributed by atoms with E-state index >= 15 is 0 Å². The Labute approximate surface area is 126 Å². The van der Waals surface area contributed by atoms with Crippen LogP contribution in [0.5, 0.6) is 11.6 Å². The molecule has 0 saturated carbocycles. The minimum atomic E-state index is 0.257. The van der Waals surface area contributed by atoms with Gasteiger partial charge in [-0.1, -0.05) is 39.3 Å². The Hall–Kier alpha value is -2.10. The summed E-state index contributed by atoms with van der Waals surface area (Å²) in [4.78, 5) is 8.89. The van der Waals surface area contributed by atoms with E-state index in [2.05, 4.69) is 48.2 Å². The molecule has 0 fully saturated rings. The number of hydrogen-bond donors (Lipinski definition) is 1. The standard InChI is InChI=1S/C17H23N3O/c1-5-6-13-7-9-14(10-8-13)21-16-11-15(18-4)19-17(20-16)12(2)3/h7-12H,5-6H2,1-4H3,(H,18,19,20). The van der Waals surface area contributed by atoms with Gasteiger partial charge in [0.15, 0.2) is 0 Å². The molecule has 1 aromatic carbocycles. The second-order valence-electron chi connectivity index (χ2n) is 5.35. The molecule has 4 heteroatoms. The van der Waals surface area contributed by atoms with Gasteiger partial charge >= 0.3 is 0 Å². The zero-order valence-corrected chi connectivity index (χ0v) is 13.2. The van der Waals surface area contributed by atoms with Gasteiger partial charge in [0.05, 0.1) is 0 Å². The Balaban J connectivity index is 2.19. The minimum absolute atomic E-state index is 0.257. The fourth-order valence-corrected chi connectivity index (χ4v) is 2.01. The lowest BCUT2D eigenvalue weighted by Gasteiger charge is -2.11. The Morgan fingerprint density at radius 3 is 2.43 bits per heavy atom. The monoisotopic (exact) mass is 285 g/mol. The molecule has 0 unspecified atom stereocenters.